The summed E-state index contributed by atoms with van der Waals surface area (Å²) >= 11 is 0. The van der Waals surface area contributed by atoms with Crippen LogP contribution in [0.25, 0.3) is 6.08 Å². The lowest BCUT2D eigenvalue weighted by Gasteiger charge is -2.12. The van der Waals surface area contributed by atoms with Crippen molar-refractivity contribution in [3.05, 3.63) is 29.6 Å². The summed E-state index contributed by atoms with van der Waals surface area (Å²) in [5.41, 5.74) is 7.10. The van der Waals surface area contributed by atoms with Gasteiger partial charge in [0.15, 0.2) is 0 Å². The molecular weight excluding hydrogens is 245 g/mol. The van der Waals surface area contributed by atoms with Crippen molar-refractivity contribution in [2.45, 2.75) is 6.42 Å². The smallest absolute Gasteiger partial charge is 0.126 e. The number of benzene rings is 1. The minimum Gasteiger partial charge on any atom is -0.496 e. The van der Waals surface area contributed by atoms with E-state index >= 15 is 0 Å². The summed E-state index contributed by atoms with van der Waals surface area (Å²) in [4.78, 5) is 0. The molecule has 0 aromatic heterocycles. The standard InChI is InChI=1S/C12H16FNO2.ClH/c1-15-11-8-10(4-6-14)12(16-2)7-9(11)3-5-13;/h3,5,7-8H,4,6,14H2,1-2H3;1H. The molecular formula is C12H17ClFNO2. The van der Waals surface area contributed by atoms with Crippen molar-refractivity contribution in [2.24, 2.45) is 5.73 Å². The average molecular weight is 262 g/mol. The van der Waals surface area contributed by atoms with Crippen molar-refractivity contribution in [1.29, 1.82) is 0 Å². The van der Waals surface area contributed by atoms with Gasteiger partial charge in [0.1, 0.15) is 11.5 Å². The Labute approximate surface area is 107 Å². The normalized spacial score (nSPS) is 10.1. The molecule has 1 aromatic rings. The fourth-order valence-corrected chi connectivity index (χ4v) is 1.53. The van der Waals surface area contributed by atoms with Crippen molar-refractivity contribution in [3.8, 4) is 11.5 Å². The Bertz CT molecular complexity index is 383. The van der Waals surface area contributed by atoms with E-state index in [0.717, 1.165) is 5.56 Å². The Morgan fingerprint density at radius 3 is 2.35 bits per heavy atom. The molecule has 0 saturated carbocycles. The van der Waals surface area contributed by atoms with Crippen molar-refractivity contribution < 1.29 is 13.9 Å². The van der Waals surface area contributed by atoms with E-state index in [2.05, 4.69) is 0 Å². The fraction of sp³-hybridized carbons (Fsp3) is 0.333. The zero-order valence-electron chi connectivity index (χ0n) is 9.90. The van der Waals surface area contributed by atoms with Gasteiger partial charge in [0.05, 0.1) is 20.5 Å². The molecule has 0 bridgehead atoms. The Balaban J connectivity index is 0.00000256. The molecule has 0 aliphatic rings. The lowest BCUT2D eigenvalue weighted by Crippen LogP contribution is -2.05. The topological polar surface area (TPSA) is 44.5 Å². The number of ether oxygens (including phenoxy) is 2. The van der Waals surface area contributed by atoms with Gasteiger partial charge in [0.2, 0.25) is 0 Å². The van der Waals surface area contributed by atoms with Gasteiger partial charge in [-0.05, 0) is 36.7 Å². The quantitative estimate of drug-likeness (QED) is 0.886. The molecule has 5 heteroatoms. The number of hydrogen-bond acceptors (Lipinski definition) is 3. The molecule has 1 aromatic carbocycles. The van der Waals surface area contributed by atoms with Crippen LogP contribution in [0.2, 0.25) is 0 Å². The van der Waals surface area contributed by atoms with E-state index in [1.54, 1.807) is 20.3 Å². The van der Waals surface area contributed by atoms with E-state index in [4.69, 9.17) is 15.2 Å². The van der Waals surface area contributed by atoms with Gasteiger partial charge in [-0.15, -0.1) is 12.4 Å². The number of rotatable bonds is 5. The number of methoxy groups -OCH3 is 2. The maximum atomic E-state index is 12.2. The summed E-state index contributed by atoms with van der Waals surface area (Å²) in [7, 11) is 3.12. The van der Waals surface area contributed by atoms with Crippen LogP contribution in [0.15, 0.2) is 18.5 Å². The van der Waals surface area contributed by atoms with Crippen LogP contribution in [-0.2, 0) is 6.42 Å². The fourth-order valence-electron chi connectivity index (χ4n) is 1.53. The van der Waals surface area contributed by atoms with Gasteiger partial charge in [0.25, 0.3) is 0 Å². The molecule has 96 valence electrons. The highest BCUT2D eigenvalue weighted by atomic mass is 35.5. The molecule has 0 saturated heterocycles. The first-order chi connectivity index (χ1) is 7.76. The van der Waals surface area contributed by atoms with Crippen molar-refractivity contribution >= 4 is 18.5 Å². The van der Waals surface area contributed by atoms with E-state index in [9.17, 15) is 4.39 Å². The van der Waals surface area contributed by atoms with Crippen molar-refractivity contribution in [2.75, 3.05) is 20.8 Å². The van der Waals surface area contributed by atoms with Gasteiger partial charge >= 0.3 is 0 Å². The number of hydrogen-bond donors (Lipinski definition) is 1. The van der Waals surface area contributed by atoms with Gasteiger partial charge in [0, 0.05) is 5.56 Å². The predicted molar refractivity (Wildman–Crippen MR) is 69.7 cm³/mol. The van der Waals surface area contributed by atoms with Gasteiger partial charge < -0.3 is 15.2 Å². The summed E-state index contributed by atoms with van der Waals surface area (Å²) in [6.07, 6.45) is 2.49. The molecule has 0 heterocycles. The van der Waals surface area contributed by atoms with Crippen molar-refractivity contribution in [1.82, 2.24) is 0 Å². The van der Waals surface area contributed by atoms with Crippen LogP contribution >= 0.6 is 12.4 Å². The van der Waals surface area contributed by atoms with Crippen LogP contribution in [0.3, 0.4) is 0 Å². The predicted octanol–water partition coefficient (Wildman–Crippen LogP) is 2.57. The Kier molecular flexibility index (Phi) is 7.34. The molecule has 0 spiro atoms. The molecule has 0 fully saturated rings. The Morgan fingerprint density at radius 1 is 1.24 bits per heavy atom. The van der Waals surface area contributed by atoms with Crippen LogP contribution in [0.5, 0.6) is 11.5 Å². The van der Waals surface area contributed by atoms with Gasteiger partial charge in [-0.25, -0.2) is 4.39 Å². The molecule has 0 atom stereocenters. The summed E-state index contributed by atoms with van der Waals surface area (Å²) in [5, 5.41) is 0. The van der Waals surface area contributed by atoms with E-state index in [1.807, 2.05) is 6.07 Å². The molecule has 0 aliphatic heterocycles. The van der Waals surface area contributed by atoms with Crippen LogP contribution in [0.4, 0.5) is 4.39 Å². The molecule has 0 aliphatic carbocycles. The third-order valence-electron chi connectivity index (χ3n) is 2.29. The van der Waals surface area contributed by atoms with E-state index in [-0.39, 0.29) is 12.4 Å². The third kappa shape index (κ3) is 3.91. The average Bonchev–Trinajstić information content (AvgIpc) is 2.31. The summed E-state index contributed by atoms with van der Waals surface area (Å²) in [5.74, 6) is 1.30. The molecule has 3 nitrogen and oxygen atoms in total. The minimum atomic E-state index is 0. The molecule has 1 rings (SSSR count). The maximum absolute atomic E-state index is 12.2. The monoisotopic (exact) mass is 261 g/mol. The second-order valence-electron chi connectivity index (χ2n) is 3.24. The van der Waals surface area contributed by atoms with Crippen LogP contribution in [-0.4, -0.2) is 20.8 Å². The zero-order chi connectivity index (χ0) is 12.0. The summed E-state index contributed by atoms with van der Waals surface area (Å²) in [6, 6.07) is 3.56. The highest BCUT2D eigenvalue weighted by Gasteiger charge is 2.08. The van der Waals surface area contributed by atoms with Crippen molar-refractivity contribution in [3.63, 3.8) is 0 Å². The van der Waals surface area contributed by atoms with Gasteiger partial charge in [-0.2, -0.15) is 0 Å². The molecule has 0 radical (unpaired) electrons. The molecule has 2 N–H and O–H groups in total. The first-order valence-corrected chi connectivity index (χ1v) is 4.98. The largest absolute Gasteiger partial charge is 0.496 e. The van der Waals surface area contributed by atoms with Crippen LogP contribution < -0.4 is 15.2 Å². The maximum Gasteiger partial charge on any atom is 0.126 e. The van der Waals surface area contributed by atoms with E-state index in [1.165, 1.54) is 6.08 Å². The Morgan fingerprint density at radius 2 is 1.88 bits per heavy atom. The Hall–Kier alpha value is -1.26. The highest BCUT2D eigenvalue weighted by molar-refractivity contribution is 5.85. The van der Waals surface area contributed by atoms with E-state index < -0.39 is 0 Å². The number of halogens is 2. The first kappa shape index (κ1) is 15.7. The SMILES string of the molecule is COc1cc(CCN)c(OC)cc1C=CF.Cl. The van der Waals surface area contributed by atoms with E-state index in [0.29, 0.717) is 36.4 Å². The minimum absolute atomic E-state index is 0. The van der Waals surface area contributed by atoms with Gasteiger partial charge in [-0.3, -0.25) is 0 Å². The summed E-state index contributed by atoms with van der Waals surface area (Å²) < 4.78 is 22.6. The molecule has 17 heavy (non-hydrogen) atoms. The third-order valence-corrected chi connectivity index (χ3v) is 2.29. The molecule has 0 unspecified atom stereocenters. The zero-order valence-corrected chi connectivity index (χ0v) is 10.7. The number of nitrogens with two attached hydrogens (primary N) is 1. The van der Waals surface area contributed by atoms with Gasteiger partial charge in [-0.1, -0.05) is 0 Å². The second kappa shape index (κ2) is 7.92. The molecule has 0 amide bonds. The van der Waals surface area contributed by atoms with Crippen LogP contribution in [0, 0.1) is 0 Å². The summed E-state index contributed by atoms with van der Waals surface area (Å²) in [6.45, 7) is 0.526. The second-order valence-corrected chi connectivity index (χ2v) is 3.24. The first-order valence-electron chi connectivity index (χ1n) is 4.98. The lowest BCUT2D eigenvalue weighted by molar-refractivity contribution is 0.398. The van der Waals surface area contributed by atoms with Crippen LogP contribution in [0.1, 0.15) is 11.1 Å². The highest BCUT2D eigenvalue weighted by Crippen LogP contribution is 2.30. The lowest BCUT2D eigenvalue weighted by atomic mass is 10.1.